The molecule has 0 N–H and O–H groups in total. The maximum Gasteiger partial charge on any atom is 0.302 e. The first-order valence-corrected chi connectivity index (χ1v) is 12.6. The van der Waals surface area contributed by atoms with E-state index in [9.17, 15) is 14.4 Å². The van der Waals surface area contributed by atoms with Crippen molar-refractivity contribution in [2.24, 2.45) is 28.6 Å². The summed E-state index contributed by atoms with van der Waals surface area (Å²) in [6.45, 7) is 13.5. The minimum Gasteiger partial charge on any atom is -0.342 e. The molecule has 0 unspecified atom stereocenters. The maximum absolute atomic E-state index is 13.6. The van der Waals surface area contributed by atoms with Crippen LogP contribution >= 0.6 is 0 Å². The van der Waals surface area contributed by atoms with E-state index >= 15 is 0 Å². The van der Waals surface area contributed by atoms with Crippen LogP contribution in [0.4, 0.5) is 0 Å². The molecule has 31 heavy (non-hydrogen) atoms. The molecule has 0 aromatic rings. The first kappa shape index (κ1) is 22.9. The predicted octanol–water partition coefficient (Wildman–Crippen LogP) is 4.19. The van der Waals surface area contributed by atoms with E-state index in [4.69, 9.17) is 0 Å². The number of fused-ring (bicyclic) bond motifs is 5. The van der Waals surface area contributed by atoms with Gasteiger partial charge in [-0.25, -0.2) is 4.79 Å². The van der Waals surface area contributed by atoms with E-state index in [1.807, 2.05) is 11.9 Å². The summed E-state index contributed by atoms with van der Waals surface area (Å²) in [5.41, 5.74) is 0.0548. The summed E-state index contributed by atoms with van der Waals surface area (Å²) in [6.07, 6.45) is 7.47. The highest BCUT2D eigenvalue weighted by molar-refractivity contribution is 5.86. The van der Waals surface area contributed by atoms with Gasteiger partial charge in [0, 0.05) is 43.7 Å². The molecule has 1 heterocycles. The van der Waals surface area contributed by atoms with E-state index in [1.165, 1.54) is 6.41 Å². The normalized spacial score (nSPS) is 43.1. The molecule has 0 bridgehead atoms. The zero-order valence-electron chi connectivity index (χ0n) is 20.7. The van der Waals surface area contributed by atoms with Crippen molar-refractivity contribution in [1.29, 1.82) is 0 Å². The lowest BCUT2D eigenvalue weighted by Gasteiger charge is -2.61. The number of piperidine rings is 1. The third-order valence-electron chi connectivity index (χ3n) is 10.8. The van der Waals surface area contributed by atoms with E-state index in [1.54, 1.807) is 0 Å². The van der Waals surface area contributed by atoms with Gasteiger partial charge in [-0.05, 0) is 70.6 Å². The molecule has 4 fully saturated rings. The summed E-state index contributed by atoms with van der Waals surface area (Å²) in [5.74, 6) is 1.39. The Bertz CT molecular complexity index is 769. The van der Waals surface area contributed by atoms with Gasteiger partial charge in [0.15, 0.2) is 0 Å². The molecule has 0 radical (unpaired) electrons. The average Bonchev–Trinajstić information content (AvgIpc) is 3.05. The number of ketones is 1. The highest BCUT2D eigenvalue weighted by Gasteiger charge is 2.67. The van der Waals surface area contributed by atoms with Crippen LogP contribution in [-0.2, 0) is 14.4 Å². The van der Waals surface area contributed by atoms with Crippen LogP contribution in [0.5, 0.6) is 0 Å². The van der Waals surface area contributed by atoms with Gasteiger partial charge in [-0.1, -0.05) is 13.8 Å². The van der Waals surface area contributed by atoms with Gasteiger partial charge in [-0.15, -0.1) is 0 Å². The van der Waals surface area contributed by atoms with Gasteiger partial charge in [-0.2, -0.15) is 0 Å². The van der Waals surface area contributed by atoms with Crippen LogP contribution < -0.4 is 0 Å². The second kappa shape index (κ2) is 7.40. The van der Waals surface area contributed by atoms with Crippen LogP contribution in [0.25, 0.3) is 0 Å². The van der Waals surface area contributed by atoms with Crippen LogP contribution in [0.15, 0.2) is 0 Å². The largest absolute Gasteiger partial charge is 0.342 e. The average molecular weight is 432 g/mol. The van der Waals surface area contributed by atoms with Gasteiger partial charge in [0.05, 0.1) is 12.1 Å². The summed E-state index contributed by atoms with van der Waals surface area (Å²) in [6, 6.07) is 0.806. The number of nitrogens with zero attached hydrogens (tertiary/aromatic N) is 2. The molecule has 1 saturated heterocycles. The van der Waals surface area contributed by atoms with Crippen molar-refractivity contribution in [2.45, 2.75) is 111 Å². The van der Waals surface area contributed by atoms with Gasteiger partial charge in [0.1, 0.15) is 11.8 Å². The van der Waals surface area contributed by atoms with Gasteiger partial charge in [-0.3, -0.25) is 14.1 Å². The SMILES string of the molecule is CC(C)[N+](C=O)(C(C)C)[C@H]1CC[C@H]2[C@@H]3C(=O)C[C@H]4N(C)C(=O)CC[C@]4(C)[C@H]3CC[C@@]21C. The van der Waals surface area contributed by atoms with E-state index in [0.29, 0.717) is 34.9 Å². The lowest BCUT2D eigenvalue weighted by Crippen LogP contribution is -2.68. The highest BCUT2D eigenvalue weighted by Crippen LogP contribution is 2.65. The Kier molecular flexibility index (Phi) is 5.47. The summed E-state index contributed by atoms with van der Waals surface area (Å²) >= 11 is 0. The van der Waals surface area contributed by atoms with Gasteiger partial charge < -0.3 is 4.90 Å². The minimum absolute atomic E-state index is 0.0197. The number of quaternary nitrogens is 1. The van der Waals surface area contributed by atoms with E-state index in [2.05, 4.69) is 41.5 Å². The molecule has 4 aliphatic rings. The lowest BCUT2D eigenvalue weighted by atomic mass is 9.46. The first-order chi connectivity index (χ1) is 14.4. The molecular weight excluding hydrogens is 388 g/mol. The third kappa shape index (κ3) is 2.87. The van der Waals surface area contributed by atoms with E-state index < -0.39 is 0 Å². The summed E-state index contributed by atoms with van der Waals surface area (Å²) in [5, 5.41) is 0. The number of carbonyl (C=O) groups excluding carboxylic acids is 3. The Labute approximate surface area is 188 Å². The number of hydrogen-bond donors (Lipinski definition) is 0. The van der Waals surface area contributed by atoms with Crippen molar-refractivity contribution in [1.82, 2.24) is 4.90 Å². The third-order valence-corrected chi connectivity index (χ3v) is 10.8. The molecule has 0 aromatic heterocycles. The number of Topliss-reactive ketones (excluding diaryl/α,β-unsaturated/α-hetero) is 1. The van der Waals surface area contributed by atoms with Crippen molar-refractivity contribution in [3.05, 3.63) is 0 Å². The van der Waals surface area contributed by atoms with Crippen molar-refractivity contribution in [2.75, 3.05) is 7.05 Å². The fourth-order valence-corrected chi connectivity index (χ4v) is 9.13. The molecule has 1 aliphatic heterocycles. The summed E-state index contributed by atoms with van der Waals surface area (Å²) < 4.78 is 0.510. The van der Waals surface area contributed by atoms with Gasteiger partial charge in [0.25, 0.3) is 0 Å². The summed E-state index contributed by atoms with van der Waals surface area (Å²) in [4.78, 5) is 40.5. The quantitative estimate of drug-likeness (QED) is 0.495. The molecule has 7 atom stereocenters. The van der Waals surface area contributed by atoms with Crippen molar-refractivity contribution >= 4 is 18.1 Å². The van der Waals surface area contributed by atoms with Crippen LogP contribution in [0, 0.1) is 28.6 Å². The Balaban J connectivity index is 1.71. The van der Waals surface area contributed by atoms with Crippen molar-refractivity contribution in [3.8, 4) is 0 Å². The number of likely N-dealkylation sites (tertiary alicyclic amines) is 1. The molecule has 0 spiro atoms. The Morgan fingerprint density at radius 2 is 1.58 bits per heavy atom. The molecular formula is C26H43N2O3+. The number of amides is 2. The second-order valence-electron chi connectivity index (χ2n) is 12.3. The monoisotopic (exact) mass is 431 g/mol. The first-order valence-electron chi connectivity index (χ1n) is 12.6. The van der Waals surface area contributed by atoms with Crippen molar-refractivity contribution < 1.29 is 18.9 Å². The van der Waals surface area contributed by atoms with Crippen LogP contribution in [-0.4, -0.2) is 58.7 Å². The molecule has 5 heteroatoms. The lowest BCUT2D eigenvalue weighted by molar-refractivity contribution is -0.918. The number of rotatable bonds is 4. The van der Waals surface area contributed by atoms with Crippen LogP contribution in [0.3, 0.4) is 0 Å². The minimum atomic E-state index is 0.0197. The fourth-order valence-electron chi connectivity index (χ4n) is 9.13. The van der Waals surface area contributed by atoms with Gasteiger partial charge >= 0.3 is 6.41 Å². The van der Waals surface area contributed by atoms with Crippen LogP contribution in [0.1, 0.15) is 86.5 Å². The second-order valence-corrected chi connectivity index (χ2v) is 12.3. The number of hydrogen-bond acceptors (Lipinski definition) is 3. The standard InChI is InChI=1S/C26H43N2O3/c1-16(2)28(15-29,17(3)4)22-9-8-18-24-19(10-12-26(18,22)6)25(5)13-11-23(31)27(7)21(25)14-20(24)30/h15-19,21-22,24H,8-14H2,1-7H3/q+1/t18-,19-,21+,22-,24-,25+,26-/m0/s1. The van der Waals surface area contributed by atoms with Gasteiger partial charge in [0.2, 0.25) is 5.91 Å². The molecule has 3 aliphatic carbocycles. The maximum atomic E-state index is 13.6. The Morgan fingerprint density at radius 3 is 2.16 bits per heavy atom. The zero-order chi connectivity index (χ0) is 22.9. The van der Waals surface area contributed by atoms with Crippen molar-refractivity contribution in [3.63, 3.8) is 0 Å². The smallest absolute Gasteiger partial charge is 0.302 e. The van der Waals surface area contributed by atoms with E-state index in [0.717, 1.165) is 32.1 Å². The van der Waals surface area contributed by atoms with E-state index in [-0.39, 0.29) is 46.8 Å². The summed E-state index contributed by atoms with van der Waals surface area (Å²) in [7, 11) is 1.90. The molecule has 5 nitrogen and oxygen atoms in total. The Hall–Kier alpha value is -1.23. The highest BCUT2D eigenvalue weighted by atomic mass is 16.2. The molecule has 2 amide bonds. The fraction of sp³-hybridized carbons (Fsp3) is 0.885. The molecule has 4 rings (SSSR count). The number of carbonyl (C=O) groups is 3. The molecule has 3 saturated carbocycles. The topological polar surface area (TPSA) is 54.5 Å². The van der Waals surface area contributed by atoms with Crippen LogP contribution in [0.2, 0.25) is 0 Å². The zero-order valence-corrected chi connectivity index (χ0v) is 20.7. The predicted molar refractivity (Wildman–Crippen MR) is 121 cm³/mol. The molecule has 174 valence electrons. The molecule has 0 aromatic carbocycles. The Morgan fingerprint density at radius 1 is 0.968 bits per heavy atom.